The van der Waals surface area contributed by atoms with Crippen molar-refractivity contribution in [2.45, 2.75) is 6.42 Å². The Kier molecular flexibility index (Phi) is 3.37. The molecule has 0 aliphatic rings. The van der Waals surface area contributed by atoms with E-state index in [2.05, 4.69) is 16.9 Å². The number of fused-ring (bicyclic) bond motifs is 1. The molecule has 2 N–H and O–H groups in total. The van der Waals surface area contributed by atoms with Crippen LogP contribution in [0.2, 0.25) is 0 Å². The Hall–Kier alpha value is -1.61. The van der Waals surface area contributed by atoms with Crippen molar-refractivity contribution in [3.05, 3.63) is 48.4 Å². The molecule has 2 rings (SSSR count). The van der Waals surface area contributed by atoms with Gasteiger partial charge in [-0.25, -0.2) is 4.39 Å². The highest BCUT2D eigenvalue weighted by Crippen LogP contribution is 2.19. The normalized spacial score (nSPS) is 10.8. The lowest BCUT2D eigenvalue weighted by molar-refractivity contribution is 0.629. The summed E-state index contributed by atoms with van der Waals surface area (Å²) in [6.45, 7) is 5.31. The summed E-state index contributed by atoms with van der Waals surface area (Å²) in [5.74, 6) is -0.188. The van der Waals surface area contributed by atoms with Gasteiger partial charge in [-0.15, -0.1) is 6.58 Å². The molecule has 0 spiro atoms. The Bertz CT molecular complexity index is 488. The second kappa shape index (κ2) is 4.94. The third kappa shape index (κ3) is 2.31. The van der Waals surface area contributed by atoms with Gasteiger partial charge >= 0.3 is 0 Å². The molecular formula is C13H15FN2. The van der Waals surface area contributed by atoms with Crippen LogP contribution >= 0.6 is 0 Å². The predicted octanol–water partition coefficient (Wildman–Crippen LogP) is 2.63. The number of halogens is 1. The predicted molar refractivity (Wildman–Crippen MR) is 65.0 cm³/mol. The summed E-state index contributed by atoms with van der Waals surface area (Å²) in [5.41, 5.74) is 2.13. The molecule has 84 valence electrons. The molecule has 0 saturated heterocycles. The fourth-order valence-corrected chi connectivity index (χ4v) is 1.78. The summed E-state index contributed by atoms with van der Waals surface area (Å²) >= 11 is 0. The van der Waals surface area contributed by atoms with Crippen molar-refractivity contribution in [3.8, 4) is 0 Å². The van der Waals surface area contributed by atoms with E-state index in [-0.39, 0.29) is 5.82 Å². The average molecular weight is 218 g/mol. The van der Waals surface area contributed by atoms with Gasteiger partial charge < -0.3 is 10.3 Å². The van der Waals surface area contributed by atoms with Gasteiger partial charge in [-0.3, -0.25) is 0 Å². The molecule has 0 bridgehead atoms. The van der Waals surface area contributed by atoms with Gasteiger partial charge in [-0.1, -0.05) is 6.08 Å². The monoisotopic (exact) mass is 218 g/mol. The van der Waals surface area contributed by atoms with Crippen LogP contribution in [0.3, 0.4) is 0 Å². The minimum Gasteiger partial charge on any atom is -0.361 e. The first-order chi connectivity index (χ1) is 7.81. The van der Waals surface area contributed by atoms with Gasteiger partial charge in [0.15, 0.2) is 0 Å². The standard InChI is InChI=1S/C13H15FN2/c1-2-6-15-7-5-10-9-16-13-4-3-11(14)8-12(10)13/h2-4,8-9,15-16H,1,5-7H2. The summed E-state index contributed by atoms with van der Waals surface area (Å²) in [5, 5.41) is 4.20. The number of hydrogen-bond acceptors (Lipinski definition) is 1. The second-order valence-electron chi connectivity index (χ2n) is 3.75. The highest BCUT2D eigenvalue weighted by molar-refractivity contribution is 5.83. The summed E-state index contributed by atoms with van der Waals surface area (Å²) < 4.78 is 13.1. The van der Waals surface area contributed by atoms with Crippen LogP contribution in [0.25, 0.3) is 10.9 Å². The first-order valence-corrected chi connectivity index (χ1v) is 5.38. The van der Waals surface area contributed by atoms with Crippen LogP contribution in [-0.2, 0) is 6.42 Å². The zero-order valence-electron chi connectivity index (χ0n) is 9.09. The van der Waals surface area contributed by atoms with E-state index in [1.807, 2.05) is 12.3 Å². The molecule has 2 nitrogen and oxygen atoms in total. The maximum atomic E-state index is 13.1. The fraction of sp³-hybridized carbons (Fsp3) is 0.231. The molecule has 1 aromatic heterocycles. The number of benzene rings is 1. The molecule has 1 heterocycles. The van der Waals surface area contributed by atoms with Crippen molar-refractivity contribution in [2.75, 3.05) is 13.1 Å². The molecular weight excluding hydrogens is 203 g/mol. The SMILES string of the molecule is C=CCNCCc1c[nH]c2ccc(F)cc12. The lowest BCUT2D eigenvalue weighted by Gasteiger charge is -2.00. The van der Waals surface area contributed by atoms with Gasteiger partial charge in [-0.2, -0.15) is 0 Å². The van der Waals surface area contributed by atoms with Crippen LogP contribution in [0.4, 0.5) is 4.39 Å². The van der Waals surface area contributed by atoms with Crippen LogP contribution < -0.4 is 5.32 Å². The van der Waals surface area contributed by atoms with E-state index in [9.17, 15) is 4.39 Å². The summed E-state index contributed by atoms with van der Waals surface area (Å²) in [4.78, 5) is 3.14. The minimum absolute atomic E-state index is 0.188. The summed E-state index contributed by atoms with van der Waals surface area (Å²) in [6, 6.07) is 4.82. The van der Waals surface area contributed by atoms with Crippen LogP contribution in [0.5, 0.6) is 0 Å². The number of aromatic nitrogens is 1. The van der Waals surface area contributed by atoms with Crippen LogP contribution in [0.1, 0.15) is 5.56 Å². The van der Waals surface area contributed by atoms with E-state index >= 15 is 0 Å². The van der Waals surface area contributed by atoms with Crippen molar-refractivity contribution in [1.29, 1.82) is 0 Å². The molecule has 0 saturated carbocycles. The molecule has 0 unspecified atom stereocenters. The molecule has 0 fully saturated rings. The first-order valence-electron chi connectivity index (χ1n) is 5.38. The number of nitrogens with one attached hydrogen (secondary N) is 2. The Morgan fingerprint density at radius 3 is 3.12 bits per heavy atom. The summed E-state index contributed by atoms with van der Waals surface area (Å²) in [7, 11) is 0. The Morgan fingerprint density at radius 1 is 1.44 bits per heavy atom. The number of aromatic amines is 1. The van der Waals surface area contributed by atoms with Gasteiger partial charge in [-0.05, 0) is 36.7 Å². The maximum Gasteiger partial charge on any atom is 0.123 e. The van der Waals surface area contributed by atoms with E-state index in [1.165, 1.54) is 6.07 Å². The molecule has 3 heteroatoms. The van der Waals surface area contributed by atoms with Crippen molar-refractivity contribution in [3.63, 3.8) is 0 Å². The van der Waals surface area contributed by atoms with Crippen LogP contribution in [0, 0.1) is 5.82 Å². The quantitative estimate of drug-likeness (QED) is 0.586. The number of hydrogen-bond donors (Lipinski definition) is 2. The highest BCUT2D eigenvalue weighted by atomic mass is 19.1. The van der Waals surface area contributed by atoms with E-state index in [1.54, 1.807) is 12.1 Å². The maximum absolute atomic E-state index is 13.1. The minimum atomic E-state index is -0.188. The Balaban J connectivity index is 2.11. The highest BCUT2D eigenvalue weighted by Gasteiger charge is 2.03. The Morgan fingerprint density at radius 2 is 2.31 bits per heavy atom. The van der Waals surface area contributed by atoms with Crippen LogP contribution in [-0.4, -0.2) is 18.1 Å². The molecule has 0 amide bonds. The molecule has 0 aliphatic carbocycles. The molecule has 2 aromatic rings. The van der Waals surface area contributed by atoms with Crippen molar-refractivity contribution in [2.24, 2.45) is 0 Å². The number of H-pyrrole nitrogens is 1. The lowest BCUT2D eigenvalue weighted by Crippen LogP contribution is -2.16. The molecule has 1 aromatic carbocycles. The Labute approximate surface area is 94.2 Å². The zero-order valence-corrected chi connectivity index (χ0v) is 9.09. The van der Waals surface area contributed by atoms with Crippen LogP contribution in [0.15, 0.2) is 37.1 Å². The lowest BCUT2D eigenvalue weighted by atomic mass is 10.1. The van der Waals surface area contributed by atoms with Gasteiger partial charge in [0.1, 0.15) is 5.82 Å². The third-order valence-electron chi connectivity index (χ3n) is 2.59. The molecule has 0 radical (unpaired) electrons. The van der Waals surface area contributed by atoms with Crippen molar-refractivity contribution < 1.29 is 4.39 Å². The van der Waals surface area contributed by atoms with Gasteiger partial charge in [0.2, 0.25) is 0 Å². The van der Waals surface area contributed by atoms with Gasteiger partial charge in [0.05, 0.1) is 0 Å². The van der Waals surface area contributed by atoms with E-state index < -0.39 is 0 Å². The molecule has 0 atom stereocenters. The van der Waals surface area contributed by atoms with Crippen molar-refractivity contribution in [1.82, 2.24) is 10.3 Å². The molecule has 0 aliphatic heterocycles. The molecule has 16 heavy (non-hydrogen) atoms. The van der Waals surface area contributed by atoms with Crippen molar-refractivity contribution >= 4 is 10.9 Å². The average Bonchev–Trinajstić information content (AvgIpc) is 2.67. The summed E-state index contributed by atoms with van der Waals surface area (Å²) in [6.07, 6.45) is 4.66. The van der Waals surface area contributed by atoms with Gasteiger partial charge in [0, 0.05) is 23.6 Å². The number of rotatable bonds is 5. The fourth-order valence-electron chi connectivity index (χ4n) is 1.78. The van der Waals surface area contributed by atoms with E-state index in [4.69, 9.17) is 0 Å². The second-order valence-corrected chi connectivity index (χ2v) is 3.75. The largest absolute Gasteiger partial charge is 0.361 e. The smallest absolute Gasteiger partial charge is 0.123 e. The van der Waals surface area contributed by atoms with E-state index in [0.29, 0.717) is 0 Å². The third-order valence-corrected chi connectivity index (χ3v) is 2.59. The van der Waals surface area contributed by atoms with E-state index in [0.717, 1.165) is 36.0 Å². The zero-order chi connectivity index (χ0) is 11.4. The topological polar surface area (TPSA) is 27.8 Å². The van der Waals surface area contributed by atoms with Gasteiger partial charge in [0.25, 0.3) is 0 Å². The first kappa shape index (κ1) is 10.9.